The van der Waals surface area contributed by atoms with Crippen molar-refractivity contribution in [1.82, 2.24) is 24.8 Å². The zero-order valence-electron chi connectivity index (χ0n) is 19.6. The number of pyridine rings is 2. The standard InChI is InChI=1S/C25H31N7O2/c1-16(33)21-11-18-12-26-25(30-23(18)24(28-21)31-8-3-2-4-9-31)29-22-6-5-17-13-32(19-14-34-15-19)10-7-20(17)27-22/h5-6,11-12,16,19,33H,2-4,7-10,13-15H2,1H3,(H,26,27,29,30)/t16-/m1/s1. The smallest absolute Gasteiger partial charge is 0.229 e. The van der Waals surface area contributed by atoms with Gasteiger partial charge < -0.3 is 20.1 Å². The summed E-state index contributed by atoms with van der Waals surface area (Å²) in [5, 5.41) is 14.4. The third kappa shape index (κ3) is 4.19. The highest BCUT2D eigenvalue weighted by atomic mass is 16.5. The maximum absolute atomic E-state index is 10.2. The molecule has 9 heteroatoms. The summed E-state index contributed by atoms with van der Waals surface area (Å²) in [5.41, 5.74) is 3.88. The fraction of sp³-hybridized carbons (Fsp3) is 0.520. The SMILES string of the molecule is C[C@@H](O)c1cc2cnc(Nc3ccc4c(n3)CCN(C3COC3)C4)nc2c(N2CCCCC2)n1. The summed E-state index contributed by atoms with van der Waals surface area (Å²) in [6.07, 6.45) is 5.62. The predicted molar refractivity (Wildman–Crippen MR) is 130 cm³/mol. The van der Waals surface area contributed by atoms with Crippen molar-refractivity contribution in [2.24, 2.45) is 0 Å². The van der Waals surface area contributed by atoms with E-state index in [1.54, 1.807) is 6.92 Å². The molecule has 3 aromatic heterocycles. The van der Waals surface area contributed by atoms with Crippen LogP contribution in [0.5, 0.6) is 0 Å². The largest absolute Gasteiger partial charge is 0.387 e. The van der Waals surface area contributed by atoms with E-state index < -0.39 is 6.10 Å². The molecule has 34 heavy (non-hydrogen) atoms. The van der Waals surface area contributed by atoms with Gasteiger partial charge in [0, 0.05) is 49.9 Å². The molecule has 0 saturated carbocycles. The van der Waals surface area contributed by atoms with Crippen molar-refractivity contribution >= 4 is 28.5 Å². The number of aliphatic hydroxyl groups excluding tert-OH is 1. The van der Waals surface area contributed by atoms with Crippen molar-refractivity contribution in [1.29, 1.82) is 0 Å². The molecule has 0 aromatic carbocycles. The molecule has 2 N–H and O–H groups in total. The van der Waals surface area contributed by atoms with Crippen molar-refractivity contribution in [3.8, 4) is 0 Å². The summed E-state index contributed by atoms with van der Waals surface area (Å²) >= 11 is 0. The Bertz CT molecular complexity index is 1190. The Kier molecular flexibility index (Phi) is 5.76. The van der Waals surface area contributed by atoms with Crippen molar-refractivity contribution < 1.29 is 9.84 Å². The first-order valence-corrected chi connectivity index (χ1v) is 12.3. The first kappa shape index (κ1) is 21.6. The molecule has 178 valence electrons. The van der Waals surface area contributed by atoms with Gasteiger partial charge in [0.2, 0.25) is 5.95 Å². The van der Waals surface area contributed by atoms with Gasteiger partial charge in [-0.3, -0.25) is 4.90 Å². The summed E-state index contributed by atoms with van der Waals surface area (Å²) in [6.45, 7) is 7.28. The number of ether oxygens (including phenoxy) is 1. The van der Waals surface area contributed by atoms with Crippen LogP contribution in [0.3, 0.4) is 0 Å². The van der Waals surface area contributed by atoms with E-state index in [1.165, 1.54) is 12.0 Å². The van der Waals surface area contributed by atoms with E-state index >= 15 is 0 Å². The third-order valence-corrected chi connectivity index (χ3v) is 7.11. The number of hydrogen-bond donors (Lipinski definition) is 2. The molecule has 0 bridgehead atoms. The molecule has 1 atom stereocenters. The van der Waals surface area contributed by atoms with Gasteiger partial charge in [-0.15, -0.1) is 0 Å². The lowest BCUT2D eigenvalue weighted by molar-refractivity contribution is -0.0696. The summed E-state index contributed by atoms with van der Waals surface area (Å²) in [4.78, 5) is 23.8. The van der Waals surface area contributed by atoms with Gasteiger partial charge in [-0.1, -0.05) is 6.07 Å². The first-order valence-electron chi connectivity index (χ1n) is 12.3. The van der Waals surface area contributed by atoms with Crippen molar-refractivity contribution in [2.75, 3.05) is 43.1 Å². The number of nitrogens with one attached hydrogen (secondary N) is 1. The Hall–Kier alpha value is -2.88. The minimum atomic E-state index is -0.641. The van der Waals surface area contributed by atoms with Crippen LogP contribution in [-0.2, 0) is 17.7 Å². The average molecular weight is 462 g/mol. The third-order valence-electron chi connectivity index (χ3n) is 7.11. The van der Waals surface area contributed by atoms with Crippen molar-refractivity contribution in [2.45, 2.75) is 51.3 Å². The molecule has 3 aliphatic heterocycles. The number of hydrogen-bond acceptors (Lipinski definition) is 9. The Balaban J connectivity index is 1.28. The molecule has 0 amide bonds. The van der Waals surface area contributed by atoms with Gasteiger partial charge in [-0.05, 0) is 43.9 Å². The average Bonchev–Trinajstić information content (AvgIpc) is 2.83. The summed E-state index contributed by atoms with van der Waals surface area (Å²) in [5.74, 6) is 2.09. The van der Waals surface area contributed by atoms with Gasteiger partial charge in [-0.2, -0.15) is 0 Å². The van der Waals surface area contributed by atoms with Gasteiger partial charge in [-0.25, -0.2) is 19.9 Å². The zero-order chi connectivity index (χ0) is 23.1. The minimum Gasteiger partial charge on any atom is -0.387 e. The van der Waals surface area contributed by atoms with Crippen LogP contribution in [0.2, 0.25) is 0 Å². The summed E-state index contributed by atoms with van der Waals surface area (Å²) < 4.78 is 5.36. The van der Waals surface area contributed by atoms with Gasteiger partial charge >= 0.3 is 0 Å². The topological polar surface area (TPSA) is 99.5 Å². The Labute approximate surface area is 199 Å². The number of fused-ring (bicyclic) bond motifs is 2. The molecule has 2 fully saturated rings. The van der Waals surface area contributed by atoms with E-state index in [0.29, 0.717) is 17.7 Å². The summed E-state index contributed by atoms with van der Waals surface area (Å²) in [6, 6.07) is 6.60. The molecular formula is C25H31N7O2. The first-order chi connectivity index (χ1) is 16.6. The van der Waals surface area contributed by atoms with Crippen LogP contribution in [0.1, 0.15) is 49.2 Å². The lowest BCUT2D eigenvalue weighted by Crippen LogP contribution is -2.50. The number of anilines is 3. The van der Waals surface area contributed by atoms with E-state index in [2.05, 4.69) is 26.2 Å². The van der Waals surface area contributed by atoms with Crippen LogP contribution in [0.15, 0.2) is 24.4 Å². The molecule has 0 spiro atoms. The van der Waals surface area contributed by atoms with Gasteiger partial charge in [0.15, 0.2) is 5.82 Å². The highest BCUT2D eigenvalue weighted by molar-refractivity contribution is 5.89. The van der Waals surface area contributed by atoms with E-state index in [0.717, 1.165) is 86.9 Å². The highest BCUT2D eigenvalue weighted by Gasteiger charge is 2.29. The quantitative estimate of drug-likeness (QED) is 0.594. The molecule has 3 aliphatic rings. The van der Waals surface area contributed by atoms with E-state index in [4.69, 9.17) is 19.7 Å². The fourth-order valence-electron chi connectivity index (χ4n) is 5.01. The summed E-state index contributed by atoms with van der Waals surface area (Å²) in [7, 11) is 0. The molecule has 0 aliphatic carbocycles. The molecular weight excluding hydrogens is 430 g/mol. The van der Waals surface area contributed by atoms with Crippen LogP contribution < -0.4 is 10.2 Å². The Morgan fingerprint density at radius 1 is 1.09 bits per heavy atom. The number of rotatable bonds is 5. The molecule has 0 radical (unpaired) electrons. The lowest BCUT2D eigenvalue weighted by Gasteiger charge is -2.39. The Morgan fingerprint density at radius 2 is 1.94 bits per heavy atom. The second kappa shape index (κ2) is 9.05. The monoisotopic (exact) mass is 461 g/mol. The molecule has 6 heterocycles. The van der Waals surface area contributed by atoms with Gasteiger partial charge in [0.25, 0.3) is 0 Å². The maximum Gasteiger partial charge on any atom is 0.229 e. The normalized spacial score (nSPS) is 20.1. The van der Waals surface area contributed by atoms with E-state index in [9.17, 15) is 5.11 Å². The molecule has 6 rings (SSSR count). The maximum atomic E-state index is 10.2. The van der Waals surface area contributed by atoms with Crippen LogP contribution in [0, 0.1) is 0 Å². The highest BCUT2D eigenvalue weighted by Crippen LogP contribution is 2.30. The molecule has 3 aromatic rings. The van der Waals surface area contributed by atoms with Crippen LogP contribution in [-0.4, -0.2) is 68.8 Å². The van der Waals surface area contributed by atoms with Gasteiger partial charge in [0.05, 0.1) is 31.1 Å². The predicted octanol–water partition coefficient (Wildman–Crippen LogP) is 2.96. The number of aromatic nitrogens is 4. The second-order valence-electron chi connectivity index (χ2n) is 9.56. The van der Waals surface area contributed by atoms with Gasteiger partial charge in [0.1, 0.15) is 11.3 Å². The number of nitrogens with zero attached hydrogens (tertiary/aromatic N) is 6. The minimum absolute atomic E-state index is 0.508. The number of piperidine rings is 1. The van der Waals surface area contributed by atoms with E-state index in [-0.39, 0.29) is 0 Å². The molecule has 0 unspecified atom stereocenters. The fourth-order valence-corrected chi connectivity index (χ4v) is 5.01. The van der Waals surface area contributed by atoms with Crippen LogP contribution in [0.4, 0.5) is 17.6 Å². The lowest BCUT2D eigenvalue weighted by atomic mass is 10.0. The Morgan fingerprint density at radius 3 is 2.71 bits per heavy atom. The van der Waals surface area contributed by atoms with E-state index in [1.807, 2.05) is 18.3 Å². The number of aliphatic hydroxyl groups is 1. The van der Waals surface area contributed by atoms with Crippen LogP contribution >= 0.6 is 0 Å². The zero-order valence-corrected chi connectivity index (χ0v) is 19.6. The van der Waals surface area contributed by atoms with Crippen molar-refractivity contribution in [3.05, 3.63) is 41.3 Å². The molecule has 2 saturated heterocycles. The molecule has 9 nitrogen and oxygen atoms in total. The second-order valence-corrected chi connectivity index (χ2v) is 9.56. The van der Waals surface area contributed by atoms with Crippen LogP contribution in [0.25, 0.3) is 10.9 Å². The van der Waals surface area contributed by atoms with Crippen molar-refractivity contribution in [3.63, 3.8) is 0 Å².